The molecule has 8 heteroatoms. The van der Waals surface area contributed by atoms with Gasteiger partial charge in [-0.25, -0.2) is 8.78 Å². The molecule has 0 spiro atoms. The van der Waals surface area contributed by atoms with Crippen LogP contribution in [0.25, 0.3) is 0 Å². The largest absolute Gasteiger partial charge is 0.454 e. The van der Waals surface area contributed by atoms with Gasteiger partial charge < -0.3 is 19.7 Å². The molecular weight excluding hydrogens is 370 g/mol. The highest BCUT2D eigenvalue weighted by molar-refractivity contribution is 5.96. The zero-order valence-corrected chi connectivity index (χ0v) is 14.9. The highest BCUT2D eigenvalue weighted by Gasteiger charge is 2.31. The molecule has 2 aliphatic rings. The van der Waals surface area contributed by atoms with Gasteiger partial charge in [0.05, 0.1) is 12.6 Å². The number of amides is 2. The number of carbonyl (C=O) groups excluding carboxylic acids is 2. The smallest absolute Gasteiger partial charge is 0.251 e. The van der Waals surface area contributed by atoms with E-state index in [2.05, 4.69) is 5.32 Å². The summed E-state index contributed by atoms with van der Waals surface area (Å²) in [6, 6.07) is 8.00. The molecular formula is C20H18F2N2O4. The van der Waals surface area contributed by atoms with Crippen LogP contribution < -0.4 is 14.8 Å². The molecule has 2 aliphatic heterocycles. The van der Waals surface area contributed by atoms with Gasteiger partial charge >= 0.3 is 0 Å². The third-order valence-electron chi connectivity index (χ3n) is 4.88. The summed E-state index contributed by atoms with van der Waals surface area (Å²) in [7, 11) is 0. The second-order valence-electron chi connectivity index (χ2n) is 6.70. The first-order valence-electron chi connectivity index (χ1n) is 8.94. The second kappa shape index (κ2) is 7.46. The molecule has 2 heterocycles. The van der Waals surface area contributed by atoms with Crippen molar-refractivity contribution in [3.63, 3.8) is 0 Å². The van der Waals surface area contributed by atoms with E-state index in [0.29, 0.717) is 24.1 Å². The number of rotatable bonds is 4. The minimum absolute atomic E-state index is 0.120. The van der Waals surface area contributed by atoms with Crippen molar-refractivity contribution in [2.45, 2.75) is 18.9 Å². The molecule has 0 aromatic heterocycles. The normalized spacial score (nSPS) is 17.6. The highest BCUT2D eigenvalue weighted by atomic mass is 19.1. The Labute approximate surface area is 160 Å². The van der Waals surface area contributed by atoms with Gasteiger partial charge in [-0.05, 0) is 42.7 Å². The predicted octanol–water partition coefficient (Wildman–Crippen LogP) is 2.79. The molecule has 1 fully saturated rings. The molecule has 2 amide bonds. The first-order valence-corrected chi connectivity index (χ1v) is 8.94. The summed E-state index contributed by atoms with van der Waals surface area (Å²) in [5.74, 6) is -1.33. The Morgan fingerprint density at radius 2 is 1.82 bits per heavy atom. The molecule has 2 aromatic carbocycles. The zero-order valence-electron chi connectivity index (χ0n) is 14.9. The molecule has 2 aromatic rings. The van der Waals surface area contributed by atoms with Crippen LogP contribution in [0.2, 0.25) is 0 Å². The lowest BCUT2D eigenvalue weighted by Gasteiger charge is -2.25. The van der Waals surface area contributed by atoms with Gasteiger partial charge in [0, 0.05) is 18.2 Å². The zero-order chi connectivity index (χ0) is 19.7. The fourth-order valence-electron chi connectivity index (χ4n) is 3.58. The first kappa shape index (κ1) is 18.2. The van der Waals surface area contributed by atoms with Crippen molar-refractivity contribution in [3.05, 3.63) is 59.2 Å². The van der Waals surface area contributed by atoms with Gasteiger partial charge in [-0.2, -0.15) is 0 Å². The highest BCUT2D eigenvalue weighted by Crippen LogP contribution is 2.38. The minimum atomic E-state index is -0.848. The summed E-state index contributed by atoms with van der Waals surface area (Å²) in [5, 5.41) is 2.44. The van der Waals surface area contributed by atoms with Gasteiger partial charge in [0.2, 0.25) is 12.7 Å². The Kier molecular flexibility index (Phi) is 4.85. The van der Waals surface area contributed by atoms with E-state index in [4.69, 9.17) is 9.47 Å². The van der Waals surface area contributed by atoms with E-state index < -0.39 is 17.5 Å². The SMILES string of the molecule is O=C(NCC(=O)N1CCCC1c1ccc2c(c1)OCO2)c1cc(F)cc(F)c1. The van der Waals surface area contributed by atoms with Gasteiger partial charge in [0.1, 0.15) is 11.6 Å². The van der Waals surface area contributed by atoms with Gasteiger partial charge in [-0.3, -0.25) is 9.59 Å². The van der Waals surface area contributed by atoms with E-state index in [1.54, 1.807) is 4.90 Å². The quantitative estimate of drug-likeness (QED) is 0.875. The second-order valence-corrected chi connectivity index (χ2v) is 6.70. The Bertz CT molecular complexity index is 914. The number of carbonyl (C=O) groups is 2. The van der Waals surface area contributed by atoms with Crippen LogP contribution in [0, 0.1) is 11.6 Å². The number of ether oxygens (including phenoxy) is 2. The fourth-order valence-corrected chi connectivity index (χ4v) is 3.58. The maximum atomic E-state index is 13.3. The molecule has 28 heavy (non-hydrogen) atoms. The van der Waals surface area contributed by atoms with Crippen LogP contribution in [-0.4, -0.2) is 36.6 Å². The summed E-state index contributed by atoms with van der Waals surface area (Å²) in [5.41, 5.74) is 0.771. The summed E-state index contributed by atoms with van der Waals surface area (Å²) in [4.78, 5) is 26.4. The lowest BCUT2D eigenvalue weighted by molar-refractivity contribution is -0.131. The van der Waals surface area contributed by atoms with Crippen molar-refractivity contribution in [2.24, 2.45) is 0 Å². The number of nitrogens with zero attached hydrogens (tertiary/aromatic N) is 1. The van der Waals surface area contributed by atoms with Crippen molar-refractivity contribution in [3.8, 4) is 11.5 Å². The summed E-state index contributed by atoms with van der Waals surface area (Å²) in [6.45, 7) is 0.499. The van der Waals surface area contributed by atoms with Gasteiger partial charge in [-0.1, -0.05) is 6.07 Å². The summed E-state index contributed by atoms with van der Waals surface area (Å²) < 4.78 is 37.2. The number of hydrogen-bond acceptors (Lipinski definition) is 4. The van der Waals surface area contributed by atoms with Crippen LogP contribution in [0.5, 0.6) is 11.5 Å². The van der Waals surface area contributed by atoms with Gasteiger partial charge in [0.15, 0.2) is 11.5 Å². The van der Waals surface area contributed by atoms with E-state index in [1.165, 1.54) is 0 Å². The topological polar surface area (TPSA) is 67.9 Å². The van der Waals surface area contributed by atoms with E-state index >= 15 is 0 Å². The van der Waals surface area contributed by atoms with Crippen LogP contribution >= 0.6 is 0 Å². The van der Waals surface area contributed by atoms with Gasteiger partial charge in [-0.15, -0.1) is 0 Å². The minimum Gasteiger partial charge on any atom is -0.454 e. The van der Waals surface area contributed by atoms with Crippen LogP contribution in [0.1, 0.15) is 34.8 Å². The average Bonchev–Trinajstić information content (AvgIpc) is 3.33. The number of likely N-dealkylation sites (tertiary alicyclic amines) is 1. The molecule has 1 saturated heterocycles. The summed E-state index contributed by atoms with van der Waals surface area (Å²) in [6.07, 6.45) is 1.64. The van der Waals surface area contributed by atoms with Crippen molar-refractivity contribution >= 4 is 11.8 Å². The fraction of sp³-hybridized carbons (Fsp3) is 0.300. The number of halogens is 2. The Balaban J connectivity index is 1.41. The van der Waals surface area contributed by atoms with Crippen molar-refractivity contribution < 1.29 is 27.8 Å². The van der Waals surface area contributed by atoms with E-state index in [9.17, 15) is 18.4 Å². The monoisotopic (exact) mass is 388 g/mol. The number of benzene rings is 2. The first-order chi connectivity index (χ1) is 13.5. The lowest BCUT2D eigenvalue weighted by atomic mass is 10.0. The lowest BCUT2D eigenvalue weighted by Crippen LogP contribution is -2.39. The maximum absolute atomic E-state index is 13.3. The predicted molar refractivity (Wildman–Crippen MR) is 94.9 cm³/mol. The number of hydrogen-bond donors (Lipinski definition) is 1. The maximum Gasteiger partial charge on any atom is 0.251 e. The number of nitrogens with one attached hydrogen (secondary N) is 1. The molecule has 0 aliphatic carbocycles. The molecule has 0 saturated carbocycles. The summed E-state index contributed by atoms with van der Waals surface area (Å²) >= 11 is 0. The van der Waals surface area contributed by atoms with Crippen molar-refractivity contribution in [1.29, 1.82) is 0 Å². The van der Waals surface area contributed by atoms with Crippen LogP contribution in [-0.2, 0) is 4.79 Å². The van der Waals surface area contributed by atoms with Crippen LogP contribution in [0.3, 0.4) is 0 Å². The van der Waals surface area contributed by atoms with Crippen LogP contribution in [0.4, 0.5) is 8.78 Å². The van der Waals surface area contributed by atoms with E-state index in [1.807, 2.05) is 18.2 Å². The molecule has 146 valence electrons. The molecule has 0 radical (unpaired) electrons. The molecule has 4 rings (SSSR count). The molecule has 0 bridgehead atoms. The average molecular weight is 388 g/mol. The van der Waals surface area contributed by atoms with Crippen LogP contribution in [0.15, 0.2) is 36.4 Å². The van der Waals surface area contributed by atoms with E-state index in [-0.39, 0.29) is 30.9 Å². The van der Waals surface area contributed by atoms with Gasteiger partial charge in [0.25, 0.3) is 5.91 Å². The van der Waals surface area contributed by atoms with E-state index in [0.717, 1.165) is 30.5 Å². The molecule has 1 N–H and O–H groups in total. The standard InChI is InChI=1S/C20H18F2N2O4/c21-14-6-13(7-15(22)9-14)20(26)23-10-19(25)24-5-1-2-16(24)12-3-4-17-18(8-12)28-11-27-17/h3-4,6-9,16H,1-2,5,10-11H2,(H,23,26). The molecule has 1 unspecified atom stereocenters. The number of fused-ring (bicyclic) bond motifs is 1. The van der Waals surface area contributed by atoms with Crippen molar-refractivity contribution in [2.75, 3.05) is 19.9 Å². The third-order valence-corrected chi connectivity index (χ3v) is 4.88. The molecule has 1 atom stereocenters. The molecule has 6 nitrogen and oxygen atoms in total. The van der Waals surface area contributed by atoms with Crippen molar-refractivity contribution in [1.82, 2.24) is 10.2 Å². The third kappa shape index (κ3) is 3.62. The Morgan fingerprint density at radius 3 is 2.61 bits per heavy atom. The Hall–Kier alpha value is -3.16. The Morgan fingerprint density at radius 1 is 1.07 bits per heavy atom.